The lowest BCUT2D eigenvalue weighted by molar-refractivity contribution is -0.157. The van der Waals surface area contributed by atoms with E-state index in [1.54, 1.807) is 21.3 Å². The molecule has 1 aromatic rings. The quantitative estimate of drug-likeness (QED) is 0.293. The molecule has 0 atom stereocenters. The zero-order valence-corrected chi connectivity index (χ0v) is 20.2. The van der Waals surface area contributed by atoms with Crippen LogP contribution in [0.4, 0.5) is 13.2 Å². The van der Waals surface area contributed by atoms with Crippen LogP contribution in [0.15, 0.2) is 23.2 Å². The number of guanidine groups is 1. The standard InChI is InChI=1S/C19H29F3N4O3.HI/c1-6-23-18(24-12-17(27)26(3)13-19(20,21)22)25(2)10-9-14-7-8-15(28-4)16(11-14)29-5;/h7-8,11H,6,9-10,12-13H2,1-5H3,(H,23,24);1H. The van der Waals surface area contributed by atoms with Crippen LogP contribution in [0.1, 0.15) is 12.5 Å². The minimum Gasteiger partial charge on any atom is -0.493 e. The lowest BCUT2D eigenvalue weighted by Crippen LogP contribution is -2.41. The van der Waals surface area contributed by atoms with Crippen LogP contribution < -0.4 is 14.8 Å². The van der Waals surface area contributed by atoms with Crippen molar-refractivity contribution in [1.29, 1.82) is 0 Å². The number of hydrogen-bond donors (Lipinski definition) is 1. The Bertz CT molecular complexity index is 702. The number of amides is 1. The monoisotopic (exact) mass is 546 g/mol. The average Bonchev–Trinajstić information content (AvgIpc) is 2.67. The molecule has 0 radical (unpaired) electrons. The molecule has 1 N–H and O–H groups in total. The van der Waals surface area contributed by atoms with Crippen molar-refractivity contribution in [2.24, 2.45) is 4.99 Å². The maximum Gasteiger partial charge on any atom is 0.406 e. The molecule has 30 heavy (non-hydrogen) atoms. The Labute approximate surface area is 192 Å². The summed E-state index contributed by atoms with van der Waals surface area (Å²) in [5, 5.41) is 3.04. The van der Waals surface area contributed by atoms with E-state index in [1.807, 2.05) is 30.0 Å². The fraction of sp³-hybridized carbons (Fsp3) is 0.579. The summed E-state index contributed by atoms with van der Waals surface area (Å²) in [6, 6.07) is 5.63. The molecule has 0 saturated heterocycles. The summed E-state index contributed by atoms with van der Waals surface area (Å²) in [7, 11) is 6.04. The predicted molar refractivity (Wildman–Crippen MR) is 121 cm³/mol. The van der Waals surface area contributed by atoms with Gasteiger partial charge in [-0.05, 0) is 31.0 Å². The number of aliphatic imine (C=N–C) groups is 1. The van der Waals surface area contributed by atoms with Crippen LogP contribution in [-0.4, -0.2) is 82.3 Å². The molecule has 1 amide bonds. The van der Waals surface area contributed by atoms with Gasteiger partial charge in [0.25, 0.3) is 0 Å². The van der Waals surface area contributed by atoms with E-state index in [2.05, 4.69) is 10.3 Å². The summed E-state index contributed by atoms with van der Waals surface area (Å²) in [5.41, 5.74) is 1.02. The smallest absolute Gasteiger partial charge is 0.406 e. The third kappa shape index (κ3) is 9.72. The normalized spacial score (nSPS) is 11.4. The molecule has 0 unspecified atom stereocenters. The van der Waals surface area contributed by atoms with Crippen LogP contribution in [0.5, 0.6) is 11.5 Å². The third-order valence-electron chi connectivity index (χ3n) is 4.09. The van der Waals surface area contributed by atoms with Crippen LogP contribution in [0, 0.1) is 0 Å². The summed E-state index contributed by atoms with van der Waals surface area (Å²) < 4.78 is 47.7. The molecule has 0 aliphatic carbocycles. The summed E-state index contributed by atoms with van der Waals surface area (Å²) >= 11 is 0. The van der Waals surface area contributed by atoms with Crippen molar-refractivity contribution < 1.29 is 27.4 Å². The largest absolute Gasteiger partial charge is 0.493 e. The van der Waals surface area contributed by atoms with Gasteiger partial charge in [-0.25, -0.2) is 4.99 Å². The Hall–Kier alpha value is -1.92. The minimum absolute atomic E-state index is 0. The molecule has 0 aliphatic heterocycles. The Morgan fingerprint density at radius 1 is 1.13 bits per heavy atom. The summed E-state index contributed by atoms with van der Waals surface area (Å²) in [5.74, 6) is 1.01. The van der Waals surface area contributed by atoms with E-state index in [4.69, 9.17) is 9.47 Å². The molecule has 0 bridgehead atoms. The highest BCUT2D eigenvalue weighted by Gasteiger charge is 2.31. The zero-order valence-electron chi connectivity index (χ0n) is 17.9. The van der Waals surface area contributed by atoms with Gasteiger partial charge < -0.3 is 24.6 Å². The second-order valence-corrected chi connectivity index (χ2v) is 6.40. The average molecular weight is 546 g/mol. The number of ether oxygens (including phenoxy) is 2. The van der Waals surface area contributed by atoms with Crippen LogP contribution in [0.2, 0.25) is 0 Å². The van der Waals surface area contributed by atoms with Crippen molar-refractivity contribution >= 4 is 35.8 Å². The molecule has 1 rings (SSSR count). The Morgan fingerprint density at radius 3 is 2.30 bits per heavy atom. The number of carbonyl (C=O) groups excluding carboxylic acids is 1. The Kier molecular flexibility index (Phi) is 12.5. The lowest BCUT2D eigenvalue weighted by atomic mass is 10.1. The third-order valence-corrected chi connectivity index (χ3v) is 4.09. The lowest BCUT2D eigenvalue weighted by Gasteiger charge is -2.23. The van der Waals surface area contributed by atoms with E-state index in [9.17, 15) is 18.0 Å². The molecule has 1 aromatic carbocycles. The maximum absolute atomic E-state index is 12.4. The highest BCUT2D eigenvalue weighted by Crippen LogP contribution is 2.27. The van der Waals surface area contributed by atoms with Crippen LogP contribution in [0.3, 0.4) is 0 Å². The molecule has 0 aliphatic rings. The first kappa shape index (κ1) is 28.1. The maximum atomic E-state index is 12.4. The van der Waals surface area contributed by atoms with Gasteiger partial charge in [0.15, 0.2) is 17.5 Å². The first-order chi connectivity index (χ1) is 13.6. The van der Waals surface area contributed by atoms with Crippen molar-refractivity contribution in [3.05, 3.63) is 23.8 Å². The second-order valence-electron chi connectivity index (χ2n) is 6.40. The number of nitrogens with one attached hydrogen (secondary N) is 1. The second kappa shape index (κ2) is 13.4. The van der Waals surface area contributed by atoms with E-state index in [0.717, 1.165) is 12.6 Å². The highest BCUT2D eigenvalue weighted by atomic mass is 127. The van der Waals surface area contributed by atoms with Crippen LogP contribution in [0.25, 0.3) is 0 Å². The van der Waals surface area contributed by atoms with Gasteiger partial charge in [-0.1, -0.05) is 6.07 Å². The van der Waals surface area contributed by atoms with Gasteiger partial charge in [0.1, 0.15) is 13.1 Å². The number of nitrogens with zero attached hydrogens (tertiary/aromatic N) is 3. The Balaban J connectivity index is 0.00000841. The van der Waals surface area contributed by atoms with E-state index in [-0.39, 0.29) is 30.5 Å². The molecule has 0 saturated carbocycles. The molecular formula is C19H30F3IN4O3. The topological polar surface area (TPSA) is 66.4 Å². The first-order valence-electron chi connectivity index (χ1n) is 9.12. The number of hydrogen-bond acceptors (Lipinski definition) is 4. The van der Waals surface area contributed by atoms with E-state index >= 15 is 0 Å². The number of alkyl halides is 3. The van der Waals surface area contributed by atoms with Gasteiger partial charge in [0, 0.05) is 27.2 Å². The molecule has 0 aromatic heterocycles. The molecule has 0 fully saturated rings. The van der Waals surface area contributed by atoms with Crippen molar-refractivity contribution in [1.82, 2.24) is 15.1 Å². The number of methoxy groups -OCH3 is 2. The fourth-order valence-electron chi connectivity index (χ4n) is 2.53. The summed E-state index contributed by atoms with van der Waals surface area (Å²) in [6.45, 7) is 1.35. The van der Waals surface area contributed by atoms with Gasteiger partial charge in [0.05, 0.1) is 14.2 Å². The number of carbonyl (C=O) groups is 1. The summed E-state index contributed by atoms with van der Waals surface area (Å²) in [6.07, 6.45) is -3.77. The van der Waals surface area contributed by atoms with Crippen molar-refractivity contribution in [2.75, 3.05) is 54.5 Å². The van der Waals surface area contributed by atoms with Gasteiger partial charge in [0.2, 0.25) is 5.91 Å². The van der Waals surface area contributed by atoms with E-state index < -0.39 is 18.6 Å². The van der Waals surface area contributed by atoms with Crippen molar-refractivity contribution in [3.63, 3.8) is 0 Å². The van der Waals surface area contributed by atoms with E-state index in [0.29, 0.717) is 41.9 Å². The van der Waals surface area contributed by atoms with Gasteiger partial charge in [-0.3, -0.25) is 4.79 Å². The SMILES string of the molecule is CCNC(=NCC(=O)N(C)CC(F)(F)F)N(C)CCc1ccc(OC)c(OC)c1.I. The zero-order chi connectivity index (χ0) is 22.0. The van der Waals surface area contributed by atoms with Crippen molar-refractivity contribution in [3.8, 4) is 11.5 Å². The number of benzene rings is 1. The highest BCUT2D eigenvalue weighted by molar-refractivity contribution is 14.0. The number of rotatable bonds is 9. The van der Waals surface area contributed by atoms with Crippen molar-refractivity contribution in [2.45, 2.75) is 19.5 Å². The Morgan fingerprint density at radius 2 is 1.77 bits per heavy atom. The molecule has 172 valence electrons. The number of halogens is 4. The molecule has 0 spiro atoms. The number of likely N-dealkylation sites (N-methyl/N-ethyl adjacent to an activating group) is 2. The molecular weight excluding hydrogens is 516 g/mol. The van der Waals surface area contributed by atoms with Crippen LogP contribution in [-0.2, 0) is 11.2 Å². The predicted octanol–water partition coefficient (Wildman–Crippen LogP) is 2.78. The minimum atomic E-state index is -4.44. The fourth-order valence-corrected chi connectivity index (χ4v) is 2.53. The van der Waals surface area contributed by atoms with Gasteiger partial charge in [-0.2, -0.15) is 13.2 Å². The summed E-state index contributed by atoms with van der Waals surface area (Å²) in [4.78, 5) is 18.5. The molecule has 0 heterocycles. The first-order valence-corrected chi connectivity index (χ1v) is 9.12. The van der Waals surface area contributed by atoms with Crippen LogP contribution >= 0.6 is 24.0 Å². The van der Waals surface area contributed by atoms with Gasteiger partial charge in [-0.15, -0.1) is 24.0 Å². The van der Waals surface area contributed by atoms with E-state index in [1.165, 1.54) is 0 Å². The van der Waals surface area contributed by atoms with Gasteiger partial charge >= 0.3 is 6.18 Å². The molecule has 11 heteroatoms. The molecule has 7 nitrogen and oxygen atoms in total.